The third-order valence-corrected chi connectivity index (χ3v) is 11.7. The number of piperazine rings is 2. The van der Waals surface area contributed by atoms with Crippen LogP contribution in [-0.4, -0.2) is 107 Å². The summed E-state index contributed by atoms with van der Waals surface area (Å²) in [6.45, 7) is 7.39. The minimum Gasteiger partial charge on any atom is -0.508 e. The van der Waals surface area contributed by atoms with Crippen molar-refractivity contribution in [3.8, 4) is 23.0 Å². The van der Waals surface area contributed by atoms with Gasteiger partial charge in [-0.2, -0.15) is 14.3 Å². The second-order valence-electron chi connectivity index (χ2n) is 13.5. The van der Waals surface area contributed by atoms with Crippen LogP contribution in [0.4, 0.5) is 14.6 Å². The molecule has 3 atom stereocenters. The fourth-order valence-corrected chi connectivity index (χ4v) is 9.07. The third-order valence-electron chi connectivity index (χ3n) is 10.5. The first kappa shape index (κ1) is 31.3. The van der Waals surface area contributed by atoms with Gasteiger partial charge < -0.3 is 20.1 Å². The molecule has 0 radical (unpaired) electrons. The molecule has 6 heterocycles. The molecule has 4 saturated heterocycles. The Balaban J connectivity index is 1.25. The van der Waals surface area contributed by atoms with Crippen molar-refractivity contribution in [3.05, 3.63) is 54.2 Å². The zero-order chi connectivity index (χ0) is 33.4. The monoisotopic (exact) mass is 677 g/mol. The van der Waals surface area contributed by atoms with Crippen molar-refractivity contribution in [1.29, 1.82) is 0 Å². The average Bonchev–Trinajstić information content (AvgIpc) is 3.64. The van der Waals surface area contributed by atoms with E-state index < -0.39 is 27.2 Å². The summed E-state index contributed by atoms with van der Waals surface area (Å²) in [5.74, 6) is -0.907. The summed E-state index contributed by atoms with van der Waals surface area (Å²) in [5, 5.41) is 15.5. The summed E-state index contributed by atoms with van der Waals surface area (Å²) < 4.78 is 64.7. The zero-order valence-electron chi connectivity index (χ0n) is 26.6. The average molecular weight is 678 g/mol. The molecule has 11 nitrogen and oxygen atoms in total. The maximum Gasteiger partial charge on any atom is 0.319 e. The highest BCUT2D eigenvalue weighted by Crippen LogP contribution is 2.40. The Morgan fingerprint density at radius 2 is 1.94 bits per heavy atom. The molecule has 2 aromatic carbocycles. The summed E-state index contributed by atoms with van der Waals surface area (Å²) in [4.78, 5) is 18.4. The highest BCUT2D eigenvalue weighted by Gasteiger charge is 2.47. The Kier molecular flexibility index (Phi) is 7.55. The van der Waals surface area contributed by atoms with Crippen LogP contribution in [0.1, 0.15) is 31.2 Å². The predicted molar refractivity (Wildman–Crippen MR) is 180 cm³/mol. The lowest BCUT2D eigenvalue weighted by Crippen LogP contribution is -2.62. The number of aromatic nitrogens is 3. The molecule has 14 heteroatoms. The molecule has 4 fully saturated rings. The lowest BCUT2D eigenvalue weighted by atomic mass is 9.95. The van der Waals surface area contributed by atoms with E-state index in [-0.39, 0.29) is 52.8 Å². The minimum atomic E-state index is -3.40. The summed E-state index contributed by atoms with van der Waals surface area (Å²) in [7, 11) is -3.40. The van der Waals surface area contributed by atoms with Crippen molar-refractivity contribution >= 4 is 43.6 Å². The van der Waals surface area contributed by atoms with E-state index in [2.05, 4.69) is 31.7 Å². The Bertz CT molecular complexity index is 2070. The van der Waals surface area contributed by atoms with E-state index in [9.17, 15) is 17.9 Å². The third kappa shape index (κ3) is 5.25. The lowest BCUT2D eigenvalue weighted by Gasteiger charge is -2.45. The first-order chi connectivity index (χ1) is 23.0. The van der Waals surface area contributed by atoms with Gasteiger partial charge in [0.05, 0.1) is 17.2 Å². The van der Waals surface area contributed by atoms with Gasteiger partial charge in [-0.25, -0.2) is 17.2 Å². The highest BCUT2D eigenvalue weighted by atomic mass is 32.2. The number of benzene rings is 2. The van der Waals surface area contributed by atoms with Gasteiger partial charge >= 0.3 is 6.01 Å². The second-order valence-corrected chi connectivity index (χ2v) is 15.5. The Morgan fingerprint density at radius 1 is 1.15 bits per heavy atom. The van der Waals surface area contributed by atoms with Crippen LogP contribution in [-0.2, 0) is 10.0 Å². The van der Waals surface area contributed by atoms with Crippen molar-refractivity contribution < 1.29 is 27.0 Å². The van der Waals surface area contributed by atoms with Gasteiger partial charge in [-0.1, -0.05) is 18.7 Å². The number of hydrogen-bond acceptors (Lipinski definition) is 10. The number of phenolic OH excluding ortho intramolecular Hbond substituents is 1. The number of rotatable bonds is 7. The smallest absolute Gasteiger partial charge is 0.319 e. The number of hydrogen-bond donors (Lipinski definition) is 2. The van der Waals surface area contributed by atoms with E-state index in [1.807, 2.05) is 0 Å². The predicted octanol–water partition coefficient (Wildman–Crippen LogP) is 3.90. The number of anilines is 1. The number of nitrogens with zero attached hydrogens (tertiary/aromatic N) is 6. The number of pyridine rings is 1. The number of halogens is 2. The van der Waals surface area contributed by atoms with Crippen molar-refractivity contribution in [2.75, 3.05) is 57.0 Å². The molecule has 4 aliphatic rings. The molecule has 0 amide bonds. The van der Waals surface area contributed by atoms with Crippen LogP contribution >= 0.6 is 0 Å². The highest BCUT2D eigenvalue weighted by molar-refractivity contribution is 7.88. The van der Waals surface area contributed by atoms with Crippen LogP contribution in [0, 0.1) is 11.6 Å². The minimum absolute atomic E-state index is 0.0129. The Hall–Kier alpha value is -3.98. The standard InChI is InChI=1S/C34H37F2N7O4S/c1-3-24-27(35)8-5-20-13-23(44)14-25(28(20)24)30-29(36)31-26(15-37-30)32(41-16-21-6-7-22(17-41)38-21)40-33(39-31)47-19-34-9-4-10-42(34)11-12-43(18-34)48(2,45)46/h3,5,8,13-15,21-22,38,44H,1,4,6-7,9-12,16-19H2,2H3. The van der Waals surface area contributed by atoms with E-state index in [4.69, 9.17) is 9.72 Å². The lowest BCUT2D eigenvalue weighted by molar-refractivity contribution is 0.0227. The molecule has 2 bridgehead atoms. The number of fused-ring (bicyclic) bond motifs is 5. The molecule has 4 aromatic rings. The summed E-state index contributed by atoms with van der Waals surface area (Å²) in [6.07, 6.45) is 7.84. The van der Waals surface area contributed by atoms with E-state index in [0.29, 0.717) is 54.7 Å². The van der Waals surface area contributed by atoms with E-state index in [0.717, 1.165) is 32.2 Å². The molecule has 4 aliphatic heterocycles. The van der Waals surface area contributed by atoms with Gasteiger partial charge in [0.2, 0.25) is 10.0 Å². The number of sulfonamides is 1. The SMILES string of the molecule is C=Cc1c(F)ccc2cc(O)cc(-c3ncc4c(N5CC6CCC(C5)N6)nc(OCC56CCCN5CCN(S(C)(=O)=O)C6)nc4c3F)c12. The van der Waals surface area contributed by atoms with Gasteiger partial charge in [-0.05, 0) is 55.8 Å². The topological polar surface area (TPSA) is 124 Å². The molecule has 0 aliphatic carbocycles. The van der Waals surface area contributed by atoms with Crippen LogP contribution in [0.5, 0.6) is 11.8 Å². The molecule has 2 N–H and O–H groups in total. The number of aromatic hydroxyl groups is 1. The molecular formula is C34H37F2N7O4S. The van der Waals surface area contributed by atoms with Crippen LogP contribution in [0.2, 0.25) is 0 Å². The second kappa shape index (κ2) is 11.6. The molecule has 8 rings (SSSR count). The molecule has 252 valence electrons. The quantitative estimate of drug-likeness (QED) is 0.298. The first-order valence-electron chi connectivity index (χ1n) is 16.3. The fraction of sp³-hybridized carbons (Fsp3) is 0.441. The molecule has 48 heavy (non-hydrogen) atoms. The summed E-state index contributed by atoms with van der Waals surface area (Å²) in [6, 6.07) is 6.18. The maximum atomic E-state index is 16.9. The Morgan fingerprint density at radius 3 is 2.69 bits per heavy atom. The molecule has 3 unspecified atom stereocenters. The van der Waals surface area contributed by atoms with Crippen LogP contribution in [0.25, 0.3) is 39.0 Å². The van der Waals surface area contributed by atoms with E-state index in [1.54, 1.807) is 0 Å². The van der Waals surface area contributed by atoms with Crippen molar-refractivity contribution in [1.82, 2.24) is 29.5 Å². The van der Waals surface area contributed by atoms with Crippen LogP contribution in [0.15, 0.2) is 37.0 Å². The van der Waals surface area contributed by atoms with E-state index >= 15 is 4.39 Å². The van der Waals surface area contributed by atoms with Gasteiger partial charge in [0.25, 0.3) is 0 Å². The zero-order valence-corrected chi connectivity index (χ0v) is 27.4. The molecule has 0 saturated carbocycles. The number of nitrogens with one attached hydrogen (secondary N) is 1. The maximum absolute atomic E-state index is 16.9. The Labute approximate surface area is 277 Å². The van der Waals surface area contributed by atoms with Gasteiger partial charge in [0.15, 0.2) is 5.82 Å². The fourth-order valence-electron chi connectivity index (χ4n) is 8.18. The summed E-state index contributed by atoms with van der Waals surface area (Å²) in [5.41, 5.74) is -0.304. The van der Waals surface area contributed by atoms with Crippen molar-refractivity contribution in [2.45, 2.75) is 43.3 Å². The van der Waals surface area contributed by atoms with Crippen molar-refractivity contribution in [2.24, 2.45) is 0 Å². The van der Waals surface area contributed by atoms with Gasteiger partial charge in [0, 0.05) is 67.5 Å². The molecule has 0 spiro atoms. The van der Waals surface area contributed by atoms with Crippen LogP contribution in [0.3, 0.4) is 0 Å². The van der Waals surface area contributed by atoms with Gasteiger partial charge in [0.1, 0.15) is 35.2 Å². The van der Waals surface area contributed by atoms with Gasteiger partial charge in [-0.3, -0.25) is 9.88 Å². The van der Waals surface area contributed by atoms with Crippen molar-refractivity contribution in [3.63, 3.8) is 0 Å². The molecule has 2 aromatic heterocycles. The van der Waals surface area contributed by atoms with Gasteiger partial charge in [-0.15, -0.1) is 0 Å². The van der Waals surface area contributed by atoms with E-state index in [1.165, 1.54) is 47.1 Å². The largest absolute Gasteiger partial charge is 0.508 e. The molecular weight excluding hydrogens is 640 g/mol. The summed E-state index contributed by atoms with van der Waals surface area (Å²) >= 11 is 0. The number of ether oxygens (including phenoxy) is 1. The van der Waals surface area contributed by atoms with Crippen LogP contribution < -0.4 is 15.0 Å². The first-order valence-corrected chi connectivity index (χ1v) is 18.2. The number of phenols is 1. The normalized spacial score (nSPS) is 24.8.